The molecule has 0 bridgehead atoms. The van der Waals surface area contributed by atoms with E-state index in [2.05, 4.69) is 28.7 Å². The highest BCUT2D eigenvalue weighted by Gasteiger charge is 2.13. The molecule has 0 aliphatic rings. The fraction of sp³-hybridized carbons (Fsp3) is 0.222. The quantitative estimate of drug-likeness (QED) is 0.584. The molecule has 0 aliphatic carbocycles. The van der Waals surface area contributed by atoms with Gasteiger partial charge in [-0.25, -0.2) is 9.78 Å². The van der Waals surface area contributed by atoms with Crippen molar-refractivity contribution < 1.29 is 0 Å². The normalized spacial score (nSPS) is 11.6. The van der Waals surface area contributed by atoms with Gasteiger partial charge in [-0.1, -0.05) is 19.1 Å². The number of hydrogen-bond acceptors (Lipinski definition) is 2. The number of rotatable bonds is 3. The van der Waals surface area contributed by atoms with Crippen LogP contribution in [-0.4, -0.2) is 18.7 Å². The first kappa shape index (κ1) is 13.8. The van der Waals surface area contributed by atoms with Crippen LogP contribution in [0.2, 0.25) is 0 Å². The number of imidazole rings is 1. The van der Waals surface area contributed by atoms with E-state index in [4.69, 9.17) is 0 Å². The van der Waals surface area contributed by atoms with Crippen molar-refractivity contribution in [2.75, 3.05) is 0 Å². The lowest BCUT2D eigenvalue weighted by Crippen LogP contribution is -2.20. The summed E-state index contributed by atoms with van der Waals surface area (Å²) in [5.74, 6) is 0. The minimum absolute atomic E-state index is 0.0552. The number of hydrogen-bond donors (Lipinski definition) is 0. The maximum Gasteiger partial charge on any atom is 0.333 e. The van der Waals surface area contributed by atoms with Gasteiger partial charge in [0.05, 0.1) is 22.9 Å². The van der Waals surface area contributed by atoms with Crippen molar-refractivity contribution in [2.24, 2.45) is 7.05 Å². The van der Waals surface area contributed by atoms with Crippen LogP contribution in [0.4, 0.5) is 0 Å². The maximum atomic E-state index is 12.6. The van der Waals surface area contributed by atoms with Gasteiger partial charge in [0, 0.05) is 25.2 Å². The summed E-state index contributed by atoms with van der Waals surface area (Å²) >= 11 is 0. The summed E-state index contributed by atoms with van der Waals surface area (Å²) in [7, 11) is 1.80. The molecular formula is C18H18N4O. The van der Waals surface area contributed by atoms with Gasteiger partial charge in [-0.05, 0) is 30.7 Å². The van der Waals surface area contributed by atoms with Gasteiger partial charge in [0.1, 0.15) is 5.65 Å². The van der Waals surface area contributed by atoms with E-state index in [1.807, 2.05) is 30.3 Å². The van der Waals surface area contributed by atoms with E-state index in [0.29, 0.717) is 0 Å². The summed E-state index contributed by atoms with van der Waals surface area (Å²) in [6, 6.07) is 11.9. The fourth-order valence-electron chi connectivity index (χ4n) is 3.15. The summed E-state index contributed by atoms with van der Waals surface area (Å²) < 4.78 is 5.53. The lowest BCUT2D eigenvalue weighted by molar-refractivity contribution is 0.697. The minimum Gasteiger partial charge on any atom is -0.333 e. The van der Waals surface area contributed by atoms with Crippen LogP contribution in [0.25, 0.3) is 27.8 Å². The van der Waals surface area contributed by atoms with Gasteiger partial charge in [0.2, 0.25) is 0 Å². The van der Waals surface area contributed by atoms with Gasteiger partial charge in [-0.15, -0.1) is 0 Å². The number of pyridine rings is 1. The highest BCUT2D eigenvalue weighted by Crippen LogP contribution is 2.20. The second kappa shape index (κ2) is 5.12. The van der Waals surface area contributed by atoms with E-state index in [1.165, 1.54) is 0 Å². The second-order valence-electron chi connectivity index (χ2n) is 5.78. The standard InChI is InChI=1S/C18H18N4O/c1-3-9-21-10-8-13-11-14(12-19-17(13)21)22-16-7-5-4-6-15(16)20(2)18(22)23/h4-8,10-12H,3,9H2,1-2H3. The van der Waals surface area contributed by atoms with Crippen molar-refractivity contribution in [3.05, 3.63) is 59.3 Å². The molecule has 0 saturated carbocycles. The Kier molecular flexibility index (Phi) is 3.08. The van der Waals surface area contributed by atoms with Crippen LogP contribution in [0.15, 0.2) is 53.6 Å². The highest BCUT2D eigenvalue weighted by molar-refractivity contribution is 5.81. The number of fused-ring (bicyclic) bond motifs is 2. The molecule has 5 nitrogen and oxygen atoms in total. The number of para-hydroxylation sites is 2. The Morgan fingerprint density at radius 2 is 1.91 bits per heavy atom. The maximum absolute atomic E-state index is 12.6. The molecule has 0 saturated heterocycles. The third-order valence-electron chi connectivity index (χ3n) is 4.27. The molecule has 0 radical (unpaired) electrons. The lowest BCUT2D eigenvalue weighted by Gasteiger charge is -2.05. The molecule has 4 rings (SSSR count). The first-order valence-corrected chi connectivity index (χ1v) is 7.82. The number of nitrogens with zero attached hydrogens (tertiary/aromatic N) is 4. The van der Waals surface area contributed by atoms with E-state index in [1.54, 1.807) is 22.4 Å². The summed E-state index contributed by atoms with van der Waals surface area (Å²) in [6.07, 6.45) is 4.90. The zero-order valence-electron chi connectivity index (χ0n) is 13.2. The molecule has 0 N–H and O–H groups in total. The molecule has 1 aromatic carbocycles. The fourth-order valence-corrected chi connectivity index (χ4v) is 3.15. The van der Waals surface area contributed by atoms with Gasteiger partial charge in [-0.3, -0.25) is 9.13 Å². The Morgan fingerprint density at radius 3 is 2.70 bits per heavy atom. The van der Waals surface area contributed by atoms with Crippen molar-refractivity contribution in [3.8, 4) is 5.69 Å². The Bertz CT molecular complexity index is 1070. The van der Waals surface area contributed by atoms with E-state index >= 15 is 0 Å². The van der Waals surface area contributed by atoms with E-state index in [9.17, 15) is 4.79 Å². The highest BCUT2D eigenvalue weighted by atomic mass is 16.1. The van der Waals surface area contributed by atoms with Crippen LogP contribution < -0.4 is 5.69 Å². The molecule has 4 aromatic rings. The molecule has 3 aromatic heterocycles. The van der Waals surface area contributed by atoms with Crippen LogP contribution in [-0.2, 0) is 13.6 Å². The van der Waals surface area contributed by atoms with Crippen LogP contribution in [0.5, 0.6) is 0 Å². The van der Waals surface area contributed by atoms with Crippen molar-refractivity contribution in [1.29, 1.82) is 0 Å². The first-order valence-electron chi connectivity index (χ1n) is 7.82. The molecule has 0 amide bonds. The zero-order chi connectivity index (χ0) is 16.0. The average molecular weight is 306 g/mol. The van der Waals surface area contributed by atoms with Crippen LogP contribution in [0.3, 0.4) is 0 Å². The Labute approximate surface area is 133 Å². The monoisotopic (exact) mass is 306 g/mol. The number of aromatic nitrogens is 4. The van der Waals surface area contributed by atoms with E-state index in [-0.39, 0.29) is 5.69 Å². The molecule has 0 unspecified atom stereocenters. The average Bonchev–Trinajstić information content (AvgIpc) is 3.08. The van der Waals surface area contributed by atoms with Crippen LogP contribution in [0.1, 0.15) is 13.3 Å². The van der Waals surface area contributed by atoms with Gasteiger partial charge < -0.3 is 4.57 Å². The van der Waals surface area contributed by atoms with Crippen LogP contribution >= 0.6 is 0 Å². The summed E-state index contributed by atoms with van der Waals surface area (Å²) in [5, 5.41) is 1.05. The Hall–Kier alpha value is -2.82. The summed E-state index contributed by atoms with van der Waals surface area (Å²) in [6.45, 7) is 3.10. The van der Waals surface area contributed by atoms with Gasteiger partial charge in [0.25, 0.3) is 0 Å². The Balaban J connectivity index is 1.96. The molecular weight excluding hydrogens is 288 g/mol. The van der Waals surface area contributed by atoms with Gasteiger partial charge in [-0.2, -0.15) is 0 Å². The molecule has 5 heteroatoms. The van der Waals surface area contributed by atoms with E-state index in [0.717, 1.165) is 40.7 Å². The van der Waals surface area contributed by atoms with Gasteiger partial charge >= 0.3 is 5.69 Å². The second-order valence-corrected chi connectivity index (χ2v) is 5.78. The smallest absolute Gasteiger partial charge is 0.333 e. The molecule has 23 heavy (non-hydrogen) atoms. The third kappa shape index (κ3) is 2.00. The molecule has 3 heterocycles. The predicted octanol–water partition coefficient (Wildman–Crippen LogP) is 3.09. The lowest BCUT2D eigenvalue weighted by atomic mass is 10.3. The van der Waals surface area contributed by atoms with Crippen molar-refractivity contribution >= 4 is 22.1 Å². The van der Waals surface area contributed by atoms with Crippen molar-refractivity contribution in [1.82, 2.24) is 18.7 Å². The zero-order valence-corrected chi connectivity index (χ0v) is 13.2. The number of aryl methyl sites for hydroxylation is 2. The summed E-state index contributed by atoms with van der Waals surface area (Å²) in [5.41, 5.74) is 3.52. The molecule has 0 fully saturated rings. The topological polar surface area (TPSA) is 44.8 Å². The molecule has 116 valence electrons. The first-order chi connectivity index (χ1) is 11.2. The van der Waals surface area contributed by atoms with E-state index < -0.39 is 0 Å². The summed E-state index contributed by atoms with van der Waals surface area (Å²) in [4.78, 5) is 17.2. The molecule has 0 spiro atoms. The van der Waals surface area contributed by atoms with Crippen molar-refractivity contribution in [3.63, 3.8) is 0 Å². The van der Waals surface area contributed by atoms with Crippen molar-refractivity contribution in [2.45, 2.75) is 19.9 Å². The Morgan fingerprint density at radius 1 is 1.13 bits per heavy atom. The largest absolute Gasteiger partial charge is 0.333 e. The van der Waals surface area contributed by atoms with Gasteiger partial charge in [0.15, 0.2) is 0 Å². The third-order valence-corrected chi connectivity index (χ3v) is 4.27. The SMILES string of the molecule is CCCn1ccc2cc(-n3c(=O)n(C)c4ccccc43)cnc21. The minimum atomic E-state index is -0.0552. The number of benzene rings is 1. The molecule has 0 atom stereocenters. The van der Waals surface area contributed by atoms with Crippen LogP contribution in [0, 0.1) is 0 Å². The predicted molar refractivity (Wildman–Crippen MR) is 92.1 cm³/mol. The molecule has 0 aliphatic heterocycles.